The highest BCUT2D eigenvalue weighted by Crippen LogP contribution is 2.36. The molecule has 2 aromatic carbocycles. The van der Waals surface area contributed by atoms with Crippen molar-refractivity contribution in [3.8, 4) is 17.2 Å². The maximum Gasteiger partial charge on any atom is 0.254 e. The number of carbonyl (C=O) groups excluding carboxylic acids is 1. The van der Waals surface area contributed by atoms with Crippen LogP contribution in [0.1, 0.15) is 21.5 Å². The lowest BCUT2D eigenvalue weighted by Gasteiger charge is -2.29. The molecule has 0 N–H and O–H groups in total. The molecule has 0 radical (unpaired) electrons. The van der Waals surface area contributed by atoms with Crippen molar-refractivity contribution in [2.24, 2.45) is 0 Å². The molecule has 3 heterocycles. The van der Waals surface area contributed by atoms with Crippen molar-refractivity contribution >= 4 is 5.91 Å². The van der Waals surface area contributed by atoms with Crippen LogP contribution in [-0.2, 0) is 13.0 Å². The summed E-state index contributed by atoms with van der Waals surface area (Å²) in [7, 11) is 0. The van der Waals surface area contributed by atoms with Crippen LogP contribution in [0.4, 0.5) is 0 Å². The molecular weight excluding hydrogens is 328 g/mol. The molecule has 0 atom stereocenters. The molecule has 0 saturated carbocycles. The molecule has 0 unspecified atom stereocenters. The summed E-state index contributed by atoms with van der Waals surface area (Å²) in [5.41, 5.74) is 4.07. The van der Waals surface area contributed by atoms with Crippen LogP contribution < -0.4 is 9.47 Å². The number of carbonyl (C=O) groups is 1. The second-order valence-electron chi connectivity index (χ2n) is 6.59. The molecule has 26 heavy (non-hydrogen) atoms. The molecular formula is C21H18N2O3. The summed E-state index contributed by atoms with van der Waals surface area (Å²) in [5.74, 6) is 1.64. The van der Waals surface area contributed by atoms with Gasteiger partial charge in [-0.05, 0) is 60.0 Å². The van der Waals surface area contributed by atoms with Gasteiger partial charge in [-0.25, -0.2) is 0 Å². The first-order valence-electron chi connectivity index (χ1n) is 8.72. The summed E-state index contributed by atoms with van der Waals surface area (Å²) in [6.45, 7) is 1.57. The fourth-order valence-corrected chi connectivity index (χ4v) is 3.61. The average Bonchev–Trinajstić information content (AvgIpc) is 3.37. The van der Waals surface area contributed by atoms with E-state index in [9.17, 15) is 4.79 Å². The Balaban J connectivity index is 1.41. The molecule has 3 aromatic rings. The fraction of sp³-hybridized carbons (Fsp3) is 0.190. The zero-order valence-electron chi connectivity index (χ0n) is 14.2. The number of nitrogens with zero attached hydrogens (tertiary/aromatic N) is 2. The van der Waals surface area contributed by atoms with E-state index in [1.54, 1.807) is 0 Å². The quantitative estimate of drug-likeness (QED) is 0.714. The van der Waals surface area contributed by atoms with Gasteiger partial charge in [-0.1, -0.05) is 6.07 Å². The summed E-state index contributed by atoms with van der Waals surface area (Å²) < 4.78 is 12.9. The smallest absolute Gasteiger partial charge is 0.254 e. The Morgan fingerprint density at radius 3 is 2.50 bits per heavy atom. The molecule has 130 valence electrons. The summed E-state index contributed by atoms with van der Waals surface area (Å²) in [5, 5.41) is 0. The van der Waals surface area contributed by atoms with Crippen LogP contribution in [0.25, 0.3) is 5.69 Å². The van der Waals surface area contributed by atoms with Gasteiger partial charge in [0.05, 0.1) is 0 Å². The van der Waals surface area contributed by atoms with E-state index < -0.39 is 0 Å². The first-order valence-corrected chi connectivity index (χ1v) is 8.72. The SMILES string of the molecule is O=C(c1cccc(-n2cccc2)c1)N1CCc2cc3c(cc2C1)OCO3. The maximum absolute atomic E-state index is 13.0. The first-order chi connectivity index (χ1) is 12.8. The minimum atomic E-state index is 0.0577. The lowest BCUT2D eigenvalue weighted by Crippen LogP contribution is -2.36. The van der Waals surface area contributed by atoms with Crippen molar-refractivity contribution in [1.82, 2.24) is 9.47 Å². The van der Waals surface area contributed by atoms with Gasteiger partial charge >= 0.3 is 0 Å². The molecule has 1 aromatic heterocycles. The van der Waals surface area contributed by atoms with Gasteiger partial charge in [-0.2, -0.15) is 0 Å². The number of ether oxygens (including phenoxy) is 2. The molecule has 0 fully saturated rings. The highest BCUT2D eigenvalue weighted by atomic mass is 16.7. The van der Waals surface area contributed by atoms with E-state index in [4.69, 9.17) is 9.47 Å². The number of amides is 1. The van der Waals surface area contributed by atoms with Gasteiger partial charge in [0.25, 0.3) is 5.91 Å². The van der Waals surface area contributed by atoms with Crippen molar-refractivity contribution in [2.45, 2.75) is 13.0 Å². The van der Waals surface area contributed by atoms with Crippen LogP contribution in [0.15, 0.2) is 60.9 Å². The predicted octanol–water partition coefficient (Wildman–Crippen LogP) is 3.40. The topological polar surface area (TPSA) is 43.7 Å². The van der Waals surface area contributed by atoms with E-state index in [2.05, 4.69) is 0 Å². The largest absolute Gasteiger partial charge is 0.454 e. The molecule has 0 bridgehead atoms. The zero-order chi connectivity index (χ0) is 17.5. The third-order valence-corrected chi connectivity index (χ3v) is 4.99. The lowest BCUT2D eigenvalue weighted by atomic mass is 9.98. The van der Waals surface area contributed by atoms with Gasteiger partial charge in [0.15, 0.2) is 11.5 Å². The van der Waals surface area contributed by atoms with Crippen LogP contribution in [0.3, 0.4) is 0 Å². The van der Waals surface area contributed by atoms with Crippen molar-refractivity contribution in [3.63, 3.8) is 0 Å². The van der Waals surface area contributed by atoms with E-state index in [1.807, 2.05) is 70.4 Å². The molecule has 2 aliphatic rings. The Labute approximate surface area is 151 Å². The molecule has 2 aliphatic heterocycles. The summed E-state index contributed by atoms with van der Waals surface area (Å²) >= 11 is 0. The highest BCUT2D eigenvalue weighted by Gasteiger charge is 2.25. The third-order valence-electron chi connectivity index (χ3n) is 4.99. The maximum atomic E-state index is 13.0. The number of hydrogen-bond donors (Lipinski definition) is 0. The third kappa shape index (κ3) is 2.52. The fourth-order valence-electron chi connectivity index (χ4n) is 3.61. The van der Waals surface area contributed by atoms with Gasteiger partial charge < -0.3 is 18.9 Å². The molecule has 5 nitrogen and oxygen atoms in total. The van der Waals surface area contributed by atoms with Crippen molar-refractivity contribution in [1.29, 1.82) is 0 Å². The van der Waals surface area contributed by atoms with Crippen molar-refractivity contribution < 1.29 is 14.3 Å². The molecule has 0 saturated heterocycles. The van der Waals surface area contributed by atoms with Gasteiger partial charge in [0.1, 0.15) is 0 Å². The average molecular weight is 346 g/mol. The number of fused-ring (bicyclic) bond motifs is 2. The monoisotopic (exact) mass is 346 g/mol. The number of aromatic nitrogens is 1. The van der Waals surface area contributed by atoms with Gasteiger partial charge in [0, 0.05) is 36.7 Å². The first kappa shape index (κ1) is 15.1. The van der Waals surface area contributed by atoms with E-state index in [-0.39, 0.29) is 12.7 Å². The summed E-state index contributed by atoms with van der Waals surface area (Å²) in [6, 6.07) is 15.8. The summed E-state index contributed by atoms with van der Waals surface area (Å²) in [6.07, 6.45) is 4.78. The highest BCUT2D eigenvalue weighted by molar-refractivity contribution is 5.95. The Kier molecular flexibility index (Phi) is 3.45. The Bertz CT molecular complexity index is 979. The minimum absolute atomic E-state index is 0.0577. The number of rotatable bonds is 2. The number of hydrogen-bond acceptors (Lipinski definition) is 3. The van der Waals surface area contributed by atoms with Gasteiger partial charge in [-0.15, -0.1) is 0 Å². The molecule has 0 aliphatic carbocycles. The van der Waals surface area contributed by atoms with Gasteiger partial charge in [-0.3, -0.25) is 4.79 Å². The van der Waals surface area contributed by atoms with Crippen LogP contribution >= 0.6 is 0 Å². The van der Waals surface area contributed by atoms with E-state index in [0.29, 0.717) is 18.7 Å². The molecule has 1 amide bonds. The second kappa shape index (κ2) is 5.95. The van der Waals surface area contributed by atoms with E-state index in [0.717, 1.165) is 29.2 Å². The standard InChI is InChI=1S/C21H18N2O3/c24-21(16-4-3-5-18(10-16)22-7-1-2-8-22)23-9-6-15-11-19-20(26-14-25-19)12-17(15)13-23/h1-5,7-8,10-12H,6,9,13-14H2. The van der Waals surface area contributed by atoms with Crippen LogP contribution in [0.5, 0.6) is 11.5 Å². The molecule has 0 spiro atoms. The molecule has 5 heteroatoms. The van der Waals surface area contributed by atoms with Crippen LogP contribution in [0, 0.1) is 0 Å². The predicted molar refractivity (Wildman–Crippen MR) is 96.8 cm³/mol. The van der Waals surface area contributed by atoms with E-state index >= 15 is 0 Å². The Morgan fingerprint density at radius 1 is 0.923 bits per heavy atom. The van der Waals surface area contributed by atoms with Crippen molar-refractivity contribution in [3.05, 3.63) is 77.6 Å². The Hall–Kier alpha value is -3.21. The van der Waals surface area contributed by atoms with Crippen molar-refractivity contribution in [2.75, 3.05) is 13.3 Å². The molecule has 5 rings (SSSR count). The number of benzene rings is 2. The minimum Gasteiger partial charge on any atom is -0.454 e. The zero-order valence-corrected chi connectivity index (χ0v) is 14.2. The van der Waals surface area contributed by atoms with Crippen LogP contribution in [0.2, 0.25) is 0 Å². The van der Waals surface area contributed by atoms with Crippen LogP contribution in [-0.4, -0.2) is 28.7 Å². The van der Waals surface area contributed by atoms with E-state index in [1.165, 1.54) is 5.56 Å². The van der Waals surface area contributed by atoms with Gasteiger partial charge in [0.2, 0.25) is 6.79 Å². The second-order valence-corrected chi connectivity index (χ2v) is 6.59. The lowest BCUT2D eigenvalue weighted by molar-refractivity contribution is 0.0734. The summed E-state index contributed by atoms with van der Waals surface area (Å²) in [4.78, 5) is 14.9. The normalized spacial score (nSPS) is 15.0. The Morgan fingerprint density at radius 2 is 1.69 bits per heavy atom.